The van der Waals surface area contributed by atoms with Gasteiger partial charge in [-0.25, -0.2) is 9.97 Å². The third-order valence-corrected chi connectivity index (χ3v) is 9.39. The molecule has 3 aromatic carbocycles. The van der Waals surface area contributed by atoms with Crippen LogP contribution in [0.3, 0.4) is 0 Å². The average Bonchev–Trinajstić information content (AvgIpc) is 3.45. The standard InChI is InChI=1S/C42H41N3/c1-3-5-7-15-30(4-2)38-29-39(32-16-8-6-9-17-32)44-42(43-38)34-19-14-18-33(28-34)31-24-26-35(27-25-31)45-40-22-12-10-20-36(40)37-21-11-13-23-41(37)45/h3-6,8-10,12,14,16-20,22,24-27,29,34H,7,11,13,15,21,23,28H2,1-2H3/b5-3-,30-4+. The van der Waals surface area contributed by atoms with Gasteiger partial charge in [0, 0.05) is 28.2 Å². The Morgan fingerprint density at radius 1 is 0.867 bits per heavy atom. The first kappa shape index (κ1) is 29.0. The lowest BCUT2D eigenvalue weighted by Gasteiger charge is -2.20. The van der Waals surface area contributed by atoms with Crippen molar-refractivity contribution in [3.05, 3.63) is 150 Å². The van der Waals surface area contributed by atoms with E-state index in [-0.39, 0.29) is 5.92 Å². The highest BCUT2D eigenvalue weighted by molar-refractivity contribution is 5.88. The number of rotatable bonds is 8. The number of para-hydroxylation sites is 1. The number of hydrogen-bond acceptors (Lipinski definition) is 2. The Morgan fingerprint density at radius 3 is 2.49 bits per heavy atom. The normalized spacial score (nSPS) is 16.7. The molecule has 2 aromatic heterocycles. The molecule has 224 valence electrons. The molecule has 0 aliphatic heterocycles. The van der Waals surface area contributed by atoms with E-state index < -0.39 is 0 Å². The van der Waals surface area contributed by atoms with Gasteiger partial charge in [0.1, 0.15) is 5.82 Å². The highest BCUT2D eigenvalue weighted by atomic mass is 15.0. The summed E-state index contributed by atoms with van der Waals surface area (Å²) in [5.41, 5.74) is 12.6. The molecule has 3 heteroatoms. The van der Waals surface area contributed by atoms with Crippen molar-refractivity contribution < 1.29 is 0 Å². The van der Waals surface area contributed by atoms with Gasteiger partial charge in [-0.3, -0.25) is 0 Å². The number of fused-ring (bicyclic) bond motifs is 3. The van der Waals surface area contributed by atoms with Crippen LogP contribution < -0.4 is 0 Å². The van der Waals surface area contributed by atoms with Crippen LogP contribution in [0.15, 0.2) is 121 Å². The third-order valence-electron chi connectivity index (χ3n) is 9.39. The zero-order chi connectivity index (χ0) is 30.6. The molecule has 0 radical (unpaired) electrons. The van der Waals surface area contributed by atoms with Gasteiger partial charge in [0.25, 0.3) is 0 Å². The molecule has 0 bridgehead atoms. The first-order chi connectivity index (χ1) is 22.2. The number of benzene rings is 3. The number of aromatic nitrogens is 3. The summed E-state index contributed by atoms with van der Waals surface area (Å²) in [5, 5.41) is 1.42. The summed E-state index contributed by atoms with van der Waals surface area (Å²) < 4.78 is 2.51. The molecule has 7 rings (SSSR count). The Morgan fingerprint density at radius 2 is 1.67 bits per heavy atom. The minimum atomic E-state index is 0.112. The van der Waals surface area contributed by atoms with Crippen molar-refractivity contribution >= 4 is 22.0 Å². The van der Waals surface area contributed by atoms with Crippen molar-refractivity contribution in [2.24, 2.45) is 0 Å². The molecule has 1 atom stereocenters. The predicted molar refractivity (Wildman–Crippen MR) is 190 cm³/mol. The maximum atomic E-state index is 5.19. The maximum Gasteiger partial charge on any atom is 0.136 e. The second-order valence-electron chi connectivity index (χ2n) is 12.2. The molecule has 45 heavy (non-hydrogen) atoms. The van der Waals surface area contributed by atoms with Gasteiger partial charge in [-0.15, -0.1) is 0 Å². The minimum Gasteiger partial charge on any atom is -0.313 e. The number of aryl methyl sites for hydroxylation is 1. The number of allylic oxidation sites excluding steroid dienone is 8. The Bertz CT molecular complexity index is 1930. The molecule has 1 unspecified atom stereocenters. The summed E-state index contributed by atoms with van der Waals surface area (Å²) in [6.07, 6.45) is 21.0. The highest BCUT2D eigenvalue weighted by Gasteiger charge is 2.22. The summed E-state index contributed by atoms with van der Waals surface area (Å²) in [7, 11) is 0. The fourth-order valence-corrected chi connectivity index (χ4v) is 7.06. The van der Waals surface area contributed by atoms with Crippen molar-refractivity contribution in [1.29, 1.82) is 0 Å². The molecule has 0 N–H and O–H groups in total. The molecule has 0 saturated heterocycles. The number of hydrogen-bond donors (Lipinski definition) is 0. The molecule has 3 nitrogen and oxygen atoms in total. The van der Waals surface area contributed by atoms with E-state index in [1.165, 1.54) is 58.3 Å². The lowest BCUT2D eigenvalue weighted by molar-refractivity contribution is 0.667. The van der Waals surface area contributed by atoms with Crippen LogP contribution in [0.4, 0.5) is 0 Å². The molecule has 0 fully saturated rings. The lowest BCUT2D eigenvalue weighted by Crippen LogP contribution is -2.09. The van der Waals surface area contributed by atoms with Crippen LogP contribution >= 0.6 is 0 Å². The Kier molecular flexibility index (Phi) is 8.42. The van der Waals surface area contributed by atoms with Crippen LogP contribution in [0.2, 0.25) is 0 Å². The average molecular weight is 588 g/mol. The molecular formula is C42H41N3. The van der Waals surface area contributed by atoms with Gasteiger partial charge >= 0.3 is 0 Å². The van der Waals surface area contributed by atoms with Gasteiger partial charge in [0.05, 0.1) is 16.9 Å². The van der Waals surface area contributed by atoms with Crippen LogP contribution in [0.25, 0.3) is 39.0 Å². The summed E-state index contributed by atoms with van der Waals surface area (Å²) in [6.45, 7) is 4.20. The van der Waals surface area contributed by atoms with Crippen molar-refractivity contribution in [1.82, 2.24) is 14.5 Å². The zero-order valence-electron chi connectivity index (χ0n) is 26.4. The topological polar surface area (TPSA) is 30.7 Å². The van der Waals surface area contributed by atoms with E-state index >= 15 is 0 Å². The second-order valence-corrected chi connectivity index (χ2v) is 12.2. The summed E-state index contributed by atoms with van der Waals surface area (Å²) in [4.78, 5) is 10.3. The second kappa shape index (κ2) is 13.1. The van der Waals surface area contributed by atoms with Crippen molar-refractivity contribution in [3.8, 4) is 16.9 Å². The van der Waals surface area contributed by atoms with E-state index in [0.717, 1.165) is 48.5 Å². The van der Waals surface area contributed by atoms with Crippen LogP contribution in [0, 0.1) is 0 Å². The summed E-state index contributed by atoms with van der Waals surface area (Å²) >= 11 is 0. The quantitative estimate of drug-likeness (QED) is 0.169. The van der Waals surface area contributed by atoms with Gasteiger partial charge in [-0.1, -0.05) is 97.1 Å². The Balaban J connectivity index is 1.19. The fourth-order valence-electron chi connectivity index (χ4n) is 7.06. The van der Waals surface area contributed by atoms with E-state index in [2.05, 4.69) is 140 Å². The van der Waals surface area contributed by atoms with E-state index in [9.17, 15) is 0 Å². The van der Waals surface area contributed by atoms with Gasteiger partial charge in [-0.05, 0) is 105 Å². The van der Waals surface area contributed by atoms with Gasteiger partial charge < -0.3 is 4.57 Å². The Labute approximate surface area is 267 Å². The largest absolute Gasteiger partial charge is 0.313 e. The van der Waals surface area contributed by atoms with Gasteiger partial charge in [0.2, 0.25) is 0 Å². The van der Waals surface area contributed by atoms with E-state index in [4.69, 9.17) is 9.97 Å². The van der Waals surface area contributed by atoms with E-state index in [1.807, 2.05) is 0 Å². The molecule has 0 spiro atoms. The van der Waals surface area contributed by atoms with Gasteiger partial charge in [0.15, 0.2) is 0 Å². The Hall–Kier alpha value is -4.76. The predicted octanol–water partition coefficient (Wildman–Crippen LogP) is 10.9. The molecule has 0 saturated carbocycles. The van der Waals surface area contributed by atoms with Crippen LogP contribution in [-0.2, 0) is 12.8 Å². The van der Waals surface area contributed by atoms with Crippen molar-refractivity contribution in [3.63, 3.8) is 0 Å². The highest BCUT2D eigenvalue weighted by Crippen LogP contribution is 2.37. The molecular weight excluding hydrogens is 546 g/mol. The van der Waals surface area contributed by atoms with E-state index in [0.29, 0.717) is 0 Å². The van der Waals surface area contributed by atoms with Crippen LogP contribution in [0.1, 0.15) is 80.2 Å². The lowest BCUT2D eigenvalue weighted by atomic mass is 9.89. The van der Waals surface area contributed by atoms with Crippen LogP contribution in [0.5, 0.6) is 0 Å². The summed E-state index contributed by atoms with van der Waals surface area (Å²) in [6, 6.07) is 30.8. The smallest absolute Gasteiger partial charge is 0.136 e. The first-order valence-electron chi connectivity index (χ1n) is 16.5. The SMILES string of the molecule is C/C=C\CC/C(=C\C)c1cc(-c2ccccc2)nc(C2C=CC=C(c3ccc(-n4c5c(c6ccccc64)CCCC5)cc3)C2)n1. The third kappa shape index (κ3) is 5.88. The summed E-state index contributed by atoms with van der Waals surface area (Å²) in [5.74, 6) is 1.00. The van der Waals surface area contributed by atoms with Crippen molar-refractivity contribution in [2.45, 2.75) is 64.7 Å². The fraction of sp³-hybridized carbons (Fsp3) is 0.238. The zero-order valence-corrected chi connectivity index (χ0v) is 26.4. The molecule has 0 amide bonds. The molecule has 5 aromatic rings. The van der Waals surface area contributed by atoms with Gasteiger partial charge in [-0.2, -0.15) is 0 Å². The maximum absolute atomic E-state index is 5.19. The monoisotopic (exact) mass is 587 g/mol. The van der Waals surface area contributed by atoms with E-state index in [1.54, 1.807) is 5.56 Å². The minimum absolute atomic E-state index is 0.112. The van der Waals surface area contributed by atoms with Crippen LogP contribution in [-0.4, -0.2) is 14.5 Å². The molecule has 2 aliphatic carbocycles. The molecule has 2 aliphatic rings. The molecule has 2 heterocycles. The van der Waals surface area contributed by atoms with Crippen molar-refractivity contribution in [2.75, 3.05) is 0 Å². The number of nitrogens with zero attached hydrogens (tertiary/aromatic N) is 3. The first-order valence-corrected chi connectivity index (χ1v) is 16.5.